The number of H-pyrrole nitrogens is 1. The van der Waals surface area contributed by atoms with E-state index in [0.29, 0.717) is 17.3 Å². The van der Waals surface area contributed by atoms with Crippen LogP contribution in [0, 0.1) is 13.8 Å². The van der Waals surface area contributed by atoms with Gasteiger partial charge in [0, 0.05) is 11.6 Å². The van der Waals surface area contributed by atoms with Gasteiger partial charge in [-0.3, -0.25) is 4.79 Å². The maximum atomic E-state index is 11.4. The van der Waals surface area contributed by atoms with Crippen LogP contribution in [0.25, 0.3) is 11.3 Å². The quantitative estimate of drug-likeness (QED) is 0.859. The highest BCUT2D eigenvalue weighted by molar-refractivity contribution is 5.67. The van der Waals surface area contributed by atoms with Crippen LogP contribution in [0.15, 0.2) is 29.1 Å². The van der Waals surface area contributed by atoms with Crippen LogP contribution in [0.1, 0.15) is 11.4 Å². The number of benzene rings is 1. The van der Waals surface area contributed by atoms with Crippen molar-refractivity contribution in [3.05, 3.63) is 46.0 Å². The third-order valence-corrected chi connectivity index (χ3v) is 2.49. The van der Waals surface area contributed by atoms with Gasteiger partial charge in [-0.05, 0) is 26.0 Å². The lowest BCUT2D eigenvalue weighted by atomic mass is 10.1. The zero-order valence-corrected chi connectivity index (χ0v) is 10.1. The summed E-state index contributed by atoms with van der Waals surface area (Å²) in [6.45, 7) is 3.75. The molecular weight excluding hydrogens is 216 g/mol. The molecule has 4 heteroatoms. The number of rotatable bonds is 2. The molecule has 1 aromatic carbocycles. The fourth-order valence-corrected chi connectivity index (χ4v) is 1.74. The van der Waals surface area contributed by atoms with Gasteiger partial charge in [0.1, 0.15) is 11.6 Å². The summed E-state index contributed by atoms with van der Waals surface area (Å²) >= 11 is 0. The highest BCUT2D eigenvalue weighted by Crippen LogP contribution is 2.28. The van der Waals surface area contributed by atoms with Crippen LogP contribution >= 0.6 is 0 Å². The van der Waals surface area contributed by atoms with Crippen molar-refractivity contribution in [1.82, 2.24) is 9.97 Å². The zero-order chi connectivity index (χ0) is 12.4. The first-order valence-corrected chi connectivity index (χ1v) is 5.33. The van der Waals surface area contributed by atoms with Gasteiger partial charge in [0.05, 0.1) is 12.8 Å². The first-order valence-electron chi connectivity index (χ1n) is 5.33. The number of aromatic amines is 1. The fourth-order valence-electron chi connectivity index (χ4n) is 1.74. The van der Waals surface area contributed by atoms with Crippen LogP contribution in [0.4, 0.5) is 0 Å². The van der Waals surface area contributed by atoms with Crippen LogP contribution in [0.3, 0.4) is 0 Å². The van der Waals surface area contributed by atoms with Crippen molar-refractivity contribution in [3.8, 4) is 17.0 Å². The van der Waals surface area contributed by atoms with E-state index in [1.807, 2.05) is 25.1 Å². The summed E-state index contributed by atoms with van der Waals surface area (Å²) in [6, 6.07) is 7.27. The van der Waals surface area contributed by atoms with Crippen LogP contribution in [-0.4, -0.2) is 17.1 Å². The van der Waals surface area contributed by atoms with Crippen molar-refractivity contribution in [2.24, 2.45) is 0 Å². The van der Waals surface area contributed by atoms with E-state index in [-0.39, 0.29) is 5.56 Å². The van der Waals surface area contributed by atoms with E-state index in [1.54, 1.807) is 14.0 Å². The summed E-state index contributed by atoms with van der Waals surface area (Å²) in [7, 11) is 1.61. The molecule has 1 aromatic heterocycles. The molecule has 0 spiro atoms. The zero-order valence-electron chi connectivity index (χ0n) is 10.1. The largest absolute Gasteiger partial charge is 0.496 e. The van der Waals surface area contributed by atoms with Crippen molar-refractivity contribution in [3.63, 3.8) is 0 Å². The third kappa shape index (κ3) is 2.36. The fraction of sp³-hybridized carbons (Fsp3) is 0.231. The topological polar surface area (TPSA) is 55.0 Å². The lowest BCUT2D eigenvalue weighted by molar-refractivity contribution is 0.416. The highest BCUT2D eigenvalue weighted by Gasteiger charge is 2.08. The predicted molar refractivity (Wildman–Crippen MR) is 66.3 cm³/mol. The Morgan fingerprint density at radius 1 is 1.24 bits per heavy atom. The molecule has 1 N–H and O–H groups in total. The molecule has 0 aliphatic rings. The monoisotopic (exact) mass is 230 g/mol. The summed E-state index contributed by atoms with van der Waals surface area (Å²) in [4.78, 5) is 18.4. The molecule has 0 aliphatic carbocycles. The van der Waals surface area contributed by atoms with Crippen molar-refractivity contribution in [1.29, 1.82) is 0 Å². The van der Waals surface area contributed by atoms with Crippen LogP contribution in [0.2, 0.25) is 0 Å². The first-order chi connectivity index (χ1) is 8.10. The number of aromatic nitrogens is 2. The Hall–Kier alpha value is -2.10. The molecule has 0 radical (unpaired) electrons. The molecule has 0 fully saturated rings. The minimum Gasteiger partial charge on any atom is -0.496 e. The summed E-state index contributed by atoms with van der Waals surface area (Å²) in [5, 5.41) is 0. The van der Waals surface area contributed by atoms with Gasteiger partial charge in [-0.1, -0.05) is 11.6 Å². The Balaban J connectivity index is 2.66. The van der Waals surface area contributed by atoms with Gasteiger partial charge in [-0.25, -0.2) is 4.98 Å². The van der Waals surface area contributed by atoms with Crippen molar-refractivity contribution < 1.29 is 4.74 Å². The predicted octanol–water partition coefficient (Wildman–Crippen LogP) is 2.06. The molecule has 0 bridgehead atoms. The van der Waals surface area contributed by atoms with Crippen LogP contribution in [0.5, 0.6) is 5.75 Å². The van der Waals surface area contributed by atoms with E-state index in [9.17, 15) is 4.79 Å². The molecule has 0 unspecified atom stereocenters. The maximum Gasteiger partial charge on any atom is 0.251 e. The van der Waals surface area contributed by atoms with Gasteiger partial charge in [0.25, 0.3) is 5.56 Å². The smallest absolute Gasteiger partial charge is 0.251 e. The number of aryl methyl sites for hydroxylation is 2. The van der Waals surface area contributed by atoms with Crippen molar-refractivity contribution >= 4 is 0 Å². The Morgan fingerprint density at radius 2 is 2.00 bits per heavy atom. The standard InChI is InChI=1S/C13H14N2O2/c1-8-4-5-12(17-3)10(6-8)11-7-13(16)15-9(2)14-11/h4-7H,1-3H3,(H,14,15,16). The Bertz CT molecular complexity index is 603. The minimum atomic E-state index is -0.156. The van der Waals surface area contributed by atoms with E-state index in [1.165, 1.54) is 6.07 Å². The molecule has 2 aromatic rings. The molecule has 0 atom stereocenters. The molecule has 0 saturated carbocycles. The average molecular weight is 230 g/mol. The molecule has 17 heavy (non-hydrogen) atoms. The van der Waals surface area contributed by atoms with Crippen LogP contribution < -0.4 is 10.3 Å². The molecule has 1 heterocycles. The molecule has 4 nitrogen and oxygen atoms in total. The number of ether oxygens (including phenoxy) is 1. The Labute approximate surface area is 99.3 Å². The Morgan fingerprint density at radius 3 is 2.65 bits per heavy atom. The summed E-state index contributed by atoms with van der Waals surface area (Å²) < 4.78 is 5.28. The second kappa shape index (κ2) is 4.41. The number of methoxy groups -OCH3 is 1. The summed E-state index contributed by atoms with van der Waals surface area (Å²) in [6.07, 6.45) is 0. The number of nitrogens with zero attached hydrogens (tertiary/aromatic N) is 1. The minimum absolute atomic E-state index is 0.156. The van der Waals surface area contributed by atoms with E-state index >= 15 is 0 Å². The van der Waals surface area contributed by atoms with Gasteiger partial charge < -0.3 is 9.72 Å². The van der Waals surface area contributed by atoms with E-state index in [2.05, 4.69) is 9.97 Å². The molecule has 0 aliphatic heterocycles. The summed E-state index contributed by atoms with van der Waals surface area (Å²) in [5.41, 5.74) is 2.41. The lowest BCUT2D eigenvalue weighted by Crippen LogP contribution is -2.08. The van der Waals surface area contributed by atoms with Gasteiger partial charge in [-0.15, -0.1) is 0 Å². The Kier molecular flexibility index (Phi) is 2.95. The van der Waals surface area contributed by atoms with Gasteiger partial charge in [-0.2, -0.15) is 0 Å². The number of hydrogen-bond donors (Lipinski definition) is 1. The van der Waals surface area contributed by atoms with Gasteiger partial charge in [0.2, 0.25) is 0 Å². The molecule has 88 valence electrons. The molecule has 0 amide bonds. The second-order valence-electron chi connectivity index (χ2n) is 3.92. The lowest BCUT2D eigenvalue weighted by Gasteiger charge is -2.09. The van der Waals surface area contributed by atoms with E-state index in [4.69, 9.17) is 4.74 Å². The second-order valence-corrected chi connectivity index (χ2v) is 3.92. The normalized spacial score (nSPS) is 10.3. The molecule has 0 saturated heterocycles. The van der Waals surface area contributed by atoms with Gasteiger partial charge >= 0.3 is 0 Å². The first kappa shape index (κ1) is 11.4. The SMILES string of the molecule is COc1ccc(C)cc1-c1cc(=O)[nH]c(C)n1. The van der Waals surface area contributed by atoms with Gasteiger partial charge in [0.15, 0.2) is 0 Å². The van der Waals surface area contributed by atoms with E-state index < -0.39 is 0 Å². The maximum absolute atomic E-state index is 11.4. The van der Waals surface area contributed by atoms with Crippen molar-refractivity contribution in [2.45, 2.75) is 13.8 Å². The third-order valence-electron chi connectivity index (χ3n) is 2.49. The van der Waals surface area contributed by atoms with Crippen molar-refractivity contribution in [2.75, 3.05) is 7.11 Å². The molecular formula is C13H14N2O2. The summed E-state index contributed by atoms with van der Waals surface area (Å²) in [5.74, 6) is 1.31. The van der Waals surface area contributed by atoms with E-state index in [0.717, 1.165) is 11.1 Å². The molecule has 2 rings (SSSR count). The average Bonchev–Trinajstić information content (AvgIpc) is 2.27. The number of hydrogen-bond acceptors (Lipinski definition) is 3. The highest BCUT2D eigenvalue weighted by atomic mass is 16.5. The van der Waals surface area contributed by atoms with Crippen LogP contribution in [-0.2, 0) is 0 Å². The number of nitrogens with one attached hydrogen (secondary N) is 1.